The minimum absolute atomic E-state index is 0. The van der Waals surface area contributed by atoms with Gasteiger partial charge >= 0.3 is 35.7 Å². The predicted molar refractivity (Wildman–Crippen MR) is 92.9 cm³/mol. The molecule has 27 heavy (non-hydrogen) atoms. The zero-order valence-electron chi connectivity index (χ0n) is 16.1. The number of rotatable bonds is 11. The van der Waals surface area contributed by atoms with E-state index in [1.807, 2.05) is 25.1 Å². The molecular weight excluding hydrogens is 361 g/mol. The van der Waals surface area contributed by atoms with Crippen molar-refractivity contribution in [2.45, 2.75) is 58.3 Å². The summed E-state index contributed by atoms with van der Waals surface area (Å²) >= 11 is 0. The molecule has 0 radical (unpaired) electrons. The summed E-state index contributed by atoms with van der Waals surface area (Å²) in [7, 11) is 0. The van der Waals surface area contributed by atoms with Crippen molar-refractivity contribution in [3.05, 3.63) is 35.9 Å². The maximum atomic E-state index is 11.9. The Morgan fingerprint density at radius 3 is 2.37 bits per heavy atom. The van der Waals surface area contributed by atoms with E-state index in [0.717, 1.165) is 18.4 Å². The van der Waals surface area contributed by atoms with E-state index >= 15 is 0 Å². The van der Waals surface area contributed by atoms with E-state index in [0.29, 0.717) is 6.42 Å². The first kappa shape index (κ1) is 25.6. The summed E-state index contributed by atoms with van der Waals surface area (Å²) in [6.45, 7) is 3.52. The van der Waals surface area contributed by atoms with Gasteiger partial charge in [0.15, 0.2) is 5.78 Å². The summed E-state index contributed by atoms with van der Waals surface area (Å²) in [4.78, 5) is 34.6. The minimum Gasteiger partial charge on any atom is -0.542 e. The number of hydrogen-bond donors (Lipinski definition) is 2. The third-order valence-electron chi connectivity index (χ3n) is 4.14. The first-order valence-corrected chi connectivity index (χ1v) is 8.77. The molecule has 2 unspecified atom stereocenters. The van der Waals surface area contributed by atoms with Crippen LogP contribution in [0.25, 0.3) is 0 Å². The standard InChI is InChI=1S/C19H27NO6.Na/c1-3-4-6-11-15(17(22)18(23)24)16(21)13(2)20-19(25)26-12-14-9-7-5-8-10-14;/h5,7-10,13,15-16,21H,3-4,6,11-12H2,1-2H3,(H,20,25)(H,23,24);/q;+1/p-1/t13-,15?,16?;/m0./s1. The van der Waals surface area contributed by atoms with Crippen LogP contribution in [-0.4, -0.2) is 35.1 Å². The number of carboxylic acid groups (broad SMARTS) is 1. The fraction of sp³-hybridized carbons (Fsp3) is 0.526. The second-order valence-corrected chi connectivity index (χ2v) is 6.24. The molecule has 1 aromatic carbocycles. The summed E-state index contributed by atoms with van der Waals surface area (Å²) in [5.74, 6) is -4.11. The van der Waals surface area contributed by atoms with Crippen molar-refractivity contribution >= 4 is 17.8 Å². The molecule has 1 rings (SSSR count). The van der Waals surface area contributed by atoms with Crippen molar-refractivity contribution in [1.29, 1.82) is 0 Å². The van der Waals surface area contributed by atoms with Crippen LogP contribution in [0.2, 0.25) is 0 Å². The Hall–Kier alpha value is -1.41. The molecule has 0 saturated carbocycles. The van der Waals surface area contributed by atoms with Crippen molar-refractivity contribution in [3.8, 4) is 0 Å². The third-order valence-corrected chi connectivity index (χ3v) is 4.14. The number of aliphatic hydroxyl groups is 1. The average Bonchev–Trinajstić information content (AvgIpc) is 2.63. The quantitative estimate of drug-likeness (QED) is 0.263. The van der Waals surface area contributed by atoms with Crippen molar-refractivity contribution < 1.29 is 58.9 Å². The number of ketones is 1. The van der Waals surface area contributed by atoms with E-state index in [2.05, 4.69) is 5.32 Å². The zero-order valence-corrected chi connectivity index (χ0v) is 18.1. The second-order valence-electron chi connectivity index (χ2n) is 6.24. The van der Waals surface area contributed by atoms with Gasteiger partial charge in [-0.1, -0.05) is 56.5 Å². The number of alkyl carbamates (subject to hydrolysis) is 1. The van der Waals surface area contributed by atoms with Crippen molar-refractivity contribution in [2.24, 2.45) is 5.92 Å². The van der Waals surface area contributed by atoms with Crippen LogP contribution in [0.1, 0.15) is 45.1 Å². The van der Waals surface area contributed by atoms with Gasteiger partial charge in [0.25, 0.3) is 0 Å². The van der Waals surface area contributed by atoms with Crippen molar-refractivity contribution in [2.75, 3.05) is 0 Å². The average molecular weight is 387 g/mol. The van der Waals surface area contributed by atoms with Gasteiger partial charge in [-0.25, -0.2) is 4.79 Å². The molecule has 1 amide bonds. The Kier molecular flexibility index (Phi) is 13.0. The van der Waals surface area contributed by atoms with Gasteiger partial charge in [-0.2, -0.15) is 0 Å². The molecule has 2 N–H and O–H groups in total. The Morgan fingerprint density at radius 1 is 1.19 bits per heavy atom. The number of carbonyl (C=O) groups is 3. The smallest absolute Gasteiger partial charge is 0.542 e. The van der Waals surface area contributed by atoms with Gasteiger partial charge in [0, 0.05) is 0 Å². The minimum atomic E-state index is -1.83. The van der Waals surface area contributed by atoms with Gasteiger partial charge in [0.05, 0.1) is 18.1 Å². The van der Waals surface area contributed by atoms with Gasteiger partial charge in [0.2, 0.25) is 0 Å². The second kappa shape index (κ2) is 13.7. The molecule has 0 aliphatic heterocycles. The number of carbonyl (C=O) groups excluding carboxylic acids is 3. The fourth-order valence-corrected chi connectivity index (χ4v) is 2.61. The van der Waals surface area contributed by atoms with E-state index in [1.54, 1.807) is 12.1 Å². The summed E-state index contributed by atoms with van der Waals surface area (Å²) in [6.07, 6.45) is 0.414. The van der Waals surface area contributed by atoms with E-state index < -0.39 is 35.9 Å². The molecule has 0 heterocycles. The SMILES string of the molecule is CCCCCC(C(=O)C(=O)[O-])C(O)[C@H](C)NC(=O)OCc1ccccc1.[Na+]. The van der Waals surface area contributed by atoms with E-state index in [-0.39, 0.29) is 42.6 Å². The largest absolute Gasteiger partial charge is 1.00 e. The molecule has 0 fully saturated rings. The first-order valence-electron chi connectivity index (χ1n) is 8.77. The molecule has 3 atom stereocenters. The number of hydrogen-bond acceptors (Lipinski definition) is 6. The van der Waals surface area contributed by atoms with Crippen LogP contribution in [0.5, 0.6) is 0 Å². The Labute approximate surface area is 181 Å². The molecule has 0 spiro atoms. The maximum Gasteiger partial charge on any atom is 1.00 e. The molecular formula is C19H26NNaO6. The Balaban J connectivity index is 0.00000676. The number of carboxylic acids is 1. The molecule has 0 saturated heterocycles. The van der Waals surface area contributed by atoms with E-state index in [1.165, 1.54) is 6.92 Å². The van der Waals surface area contributed by atoms with Gasteiger partial charge in [-0.3, -0.25) is 4.79 Å². The van der Waals surface area contributed by atoms with Crippen LogP contribution in [-0.2, 0) is 20.9 Å². The molecule has 1 aromatic rings. The fourth-order valence-electron chi connectivity index (χ4n) is 2.61. The molecule has 0 aliphatic carbocycles. The Bertz CT molecular complexity index is 595. The Morgan fingerprint density at radius 2 is 1.81 bits per heavy atom. The van der Waals surface area contributed by atoms with Crippen molar-refractivity contribution in [1.82, 2.24) is 5.32 Å². The van der Waals surface area contributed by atoms with Gasteiger partial charge in [0.1, 0.15) is 12.6 Å². The monoisotopic (exact) mass is 387 g/mol. The summed E-state index contributed by atoms with van der Waals surface area (Å²) in [6, 6.07) is 8.22. The van der Waals surface area contributed by atoms with Gasteiger partial charge < -0.3 is 25.1 Å². The van der Waals surface area contributed by atoms with Crippen LogP contribution >= 0.6 is 0 Å². The summed E-state index contributed by atoms with van der Waals surface area (Å²) in [5, 5.41) is 23.7. The van der Waals surface area contributed by atoms with Crippen molar-refractivity contribution in [3.63, 3.8) is 0 Å². The number of unbranched alkanes of at least 4 members (excludes halogenated alkanes) is 2. The first-order chi connectivity index (χ1) is 12.4. The summed E-state index contributed by atoms with van der Waals surface area (Å²) in [5.41, 5.74) is 0.806. The van der Waals surface area contributed by atoms with Crippen LogP contribution in [0.15, 0.2) is 30.3 Å². The number of aliphatic hydroxyl groups excluding tert-OH is 1. The molecule has 0 aromatic heterocycles. The van der Waals surface area contributed by atoms with Crippen LogP contribution < -0.4 is 40.0 Å². The molecule has 8 heteroatoms. The molecule has 0 aliphatic rings. The molecule has 7 nitrogen and oxygen atoms in total. The maximum absolute atomic E-state index is 11.9. The van der Waals surface area contributed by atoms with Gasteiger partial charge in [-0.05, 0) is 18.9 Å². The van der Waals surface area contributed by atoms with Gasteiger partial charge in [-0.15, -0.1) is 0 Å². The molecule has 0 bridgehead atoms. The normalized spacial score (nSPS) is 13.6. The number of Topliss-reactive ketones (excluding diaryl/α,β-unsaturated/α-hetero) is 1. The predicted octanol–water partition coefficient (Wildman–Crippen LogP) is -1.82. The third kappa shape index (κ3) is 9.37. The van der Waals surface area contributed by atoms with Crippen LogP contribution in [0.3, 0.4) is 0 Å². The molecule has 144 valence electrons. The number of ether oxygens (including phenoxy) is 1. The van der Waals surface area contributed by atoms with Crippen LogP contribution in [0, 0.1) is 5.92 Å². The number of benzene rings is 1. The van der Waals surface area contributed by atoms with E-state index in [4.69, 9.17) is 4.74 Å². The van der Waals surface area contributed by atoms with Crippen LogP contribution in [0.4, 0.5) is 4.79 Å². The van der Waals surface area contributed by atoms with E-state index in [9.17, 15) is 24.6 Å². The zero-order chi connectivity index (χ0) is 19.5. The summed E-state index contributed by atoms with van der Waals surface area (Å²) < 4.78 is 5.06. The topological polar surface area (TPSA) is 116 Å². The number of amides is 1. The number of aliphatic carboxylic acids is 1. The number of nitrogens with one attached hydrogen (secondary N) is 1.